The van der Waals surface area contributed by atoms with Crippen molar-refractivity contribution in [2.24, 2.45) is 0 Å². The average Bonchev–Trinajstić information content (AvgIpc) is 2.76. The van der Waals surface area contributed by atoms with Gasteiger partial charge in [0.1, 0.15) is 5.52 Å². The number of hydrogen-bond acceptors (Lipinski definition) is 2. The van der Waals surface area contributed by atoms with E-state index in [-0.39, 0.29) is 0 Å². The Kier molecular flexibility index (Phi) is 2.65. The number of halogens is 1. The number of rotatable bonds is 2. The van der Waals surface area contributed by atoms with Crippen LogP contribution in [0.15, 0.2) is 53.0 Å². The molecule has 3 aromatic rings. The molecule has 1 aromatic heterocycles. The Morgan fingerprint density at radius 3 is 2.65 bits per heavy atom. The molecule has 4 heteroatoms. The van der Waals surface area contributed by atoms with Crippen molar-refractivity contribution in [2.75, 3.05) is 0 Å². The van der Waals surface area contributed by atoms with Crippen LogP contribution in [0.2, 0.25) is 0 Å². The van der Waals surface area contributed by atoms with Crippen LogP contribution >= 0.6 is 15.9 Å². The van der Waals surface area contributed by atoms with Crippen molar-refractivity contribution >= 4 is 27.0 Å². The van der Waals surface area contributed by atoms with E-state index >= 15 is 0 Å². The Balaban J connectivity index is 2.05. The largest absolute Gasteiger partial charge is 0.240 e. The van der Waals surface area contributed by atoms with Crippen molar-refractivity contribution in [3.05, 3.63) is 58.6 Å². The summed E-state index contributed by atoms with van der Waals surface area (Å²) in [5.74, 6) is 0. The van der Waals surface area contributed by atoms with Crippen molar-refractivity contribution in [3.63, 3.8) is 0 Å². The van der Waals surface area contributed by atoms with E-state index in [9.17, 15) is 0 Å². The van der Waals surface area contributed by atoms with Crippen LogP contribution in [-0.4, -0.2) is 15.0 Å². The summed E-state index contributed by atoms with van der Waals surface area (Å²) in [6.07, 6.45) is 0. The van der Waals surface area contributed by atoms with Crippen LogP contribution in [0.3, 0.4) is 0 Å². The Labute approximate surface area is 107 Å². The highest BCUT2D eigenvalue weighted by molar-refractivity contribution is 9.10. The summed E-state index contributed by atoms with van der Waals surface area (Å²) in [5.41, 5.74) is 3.17. The zero-order valence-electron chi connectivity index (χ0n) is 9.05. The van der Waals surface area contributed by atoms with Gasteiger partial charge in [-0.3, -0.25) is 0 Å². The molecule has 0 bridgehead atoms. The van der Waals surface area contributed by atoms with E-state index in [4.69, 9.17) is 0 Å². The van der Waals surface area contributed by atoms with Crippen LogP contribution in [0.4, 0.5) is 0 Å². The van der Waals surface area contributed by atoms with Gasteiger partial charge in [0.05, 0.1) is 12.1 Å². The Morgan fingerprint density at radius 1 is 1.00 bits per heavy atom. The molecule has 17 heavy (non-hydrogen) atoms. The van der Waals surface area contributed by atoms with E-state index in [2.05, 4.69) is 38.4 Å². The molecule has 0 atom stereocenters. The van der Waals surface area contributed by atoms with Crippen LogP contribution in [0.1, 0.15) is 5.56 Å². The van der Waals surface area contributed by atoms with Gasteiger partial charge in [-0.2, -0.15) is 0 Å². The first-order chi connectivity index (χ1) is 8.34. The molecule has 0 aliphatic carbocycles. The Hall–Kier alpha value is -1.68. The Morgan fingerprint density at radius 2 is 1.82 bits per heavy atom. The first kappa shape index (κ1) is 10.5. The molecule has 0 saturated carbocycles. The fourth-order valence-electron chi connectivity index (χ4n) is 1.83. The van der Waals surface area contributed by atoms with Gasteiger partial charge in [-0.25, -0.2) is 4.68 Å². The first-order valence-corrected chi connectivity index (χ1v) is 6.15. The lowest BCUT2D eigenvalue weighted by Crippen LogP contribution is -2.01. The van der Waals surface area contributed by atoms with E-state index in [1.807, 2.05) is 41.1 Å². The van der Waals surface area contributed by atoms with Crippen LogP contribution in [0.5, 0.6) is 0 Å². The number of benzene rings is 2. The summed E-state index contributed by atoms with van der Waals surface area (Å²) < 4.78 is 2.89. The lowest BCUT2D eigenvalue weighted by Gasteiger charge is -2.02. The van der Waals surface area contributed by atoms with Gasteiger partial charge in [-0.15, -0.1) is 5.10 Å². The molecule has 0 unspecified atom stereocenters. The minimum absolute atomic E-state index is 0.744. The molecular weight excluding hydrogens is 278 g/mol. The summed E-state index contributed by atoms with van der Waals surface area (Å²) >= 11 is 3.48. The fourth-order valence-corrected chi connectivity index (χ4v) is 2.27. The molecule has 84 valence electrons. The van der Waals surface area contributed by atoms with Crippen molar-refractivity contribution in [3.8, 4) is 0 Å². The zero-order chi connectivity index (χ0) is 11.7. The third-order valence-electron chi connectivity index (χ3n) is 2.67. The third kappa shape index (κ3) is 1.96. The van der Waals surface area contributed by atoms with Gasteiger partial charge >= 0.3 is 0 Å². The summed E-state index contributed by atoms with van der Waals surface area (Å²) in [5, 5.41) is 8.37. The minimum atomic E-state index is 0.744. The summed E-state index contributed by atoms with van der Waals surface area (Å²) in [7, 11) is 0. The molecule has 3 rings (SSSR count). The van der Waals surface area contributed by atoms with Gasteiger partial charge < -0.3 is 0 Å². The van der Waals surface area contributed by atoms with Crippen molar-refractivity contribution in [2.45, 2.75) is 6.54 Å². The molecule has 0 aliphatic rings. The van der Waals surface area contributed by atoms with Gasteiger partial charge in [0.2, 0.25) is 0 Å². The monoisotopic (exact) mass is 287 g/mol. The molecule has 0 aliphatic heterocycles. The van der Waals surface area contributed by atoms with E-state index in [1.54, 1.807) is 0 Å². The van der Waals surface area contributed by atoms with E-state index < -0.39 is 0 Å². The predicted octanol–water partition coefficient (Wildman–Crippen LogP) is 3.24. The standard InChI is InChI=1S/C13H10BrN3/c14-11-7-4-8-12-13(11)15-16-17(12)9-10-5-2-1-3-6-10/h1-8H,9H2. The minimum Gasteiger partial charge on any atom is -0.240 e. The average molecular weight is 288 g/mol. The number of hydrogen-bond donors (Lipinski definition) is 0. The smallest absolute Gasteiger partial charge is 0.127 e. The maximum absolute atomic E-state index is 4.19. The fraction of sp³-hybridized carbons (Fsp3) is 0.0769. The second kappa shape index (κ2) is 4.30. The highest BCUT2D eigenvalue weighted by Gasteiger charge is 2.06. The number of aromatic nitrogens is 3. The first-order valence-electron chi connectivity index (χ1n) is 5.36. The molecule has 3 nitrogen and oxygen atoms in total. The quantitative estimate of drug-likeness (QED) is 0.724. The molecule has 0 spiro atoms. The molecule has 0 saturated heterocycles. The van der Waals surface area contributed by atoms with Gasteiger partial charge in [0.15, 0.2) is 0 Å². The highest BCUT2D eigenvalue weighted by atomic mass is 79.9. The molecule has 0 radical (unpaired) electrons. The molecular formula is C13H10BrN3. The summed E-state index contributed by atoms with van der Waals surface area (Å²) in [6, 6.07) is 16.3. The van der Waals surface area contributed by atoms with Crippen LogP contribution in [0.25, 0.3) is 11.0 Å². The normalized spacial score (nSPS) is 10.9. The second-order valence-electron chi connectivity index (χ2n) is 3.84. The second-order valence-corrected chi connectivity index (χ2v) is 4.69. The topological polar surface area (TPSA) is 30.7 Å². The summed E-state index contributed by atoms with van der Waals surface area (Å²) in [4.78, 5) is 0. The summed E-state index contributed by atoms with van der Waals surface area (Å²) in [6.45, 7) is 0.744. The van der Waals surface area contributed by atoms with Gasteiger partial charge in [0, 0.05) is 4.47 Å². The van der Waals surface area contributed by atoms with Crippen molar-refractivity contribution < 1.29 is 0 Å². The maximum atomic E-state index is 4.19. The lowest BCUT2D eigenvalue weighted by atomic mass is 10.2. The third-order valence-corrected chi connectivity index (χ3v) is 3.31. The van der Waals surface area contributed by atoms with Crippen LogP contribution < -0.4 is 0 Å². The van der Waals surface area contributed by atoms with Gasteiger partial charge in [0.25, 0.3) is 0 Å². The molecule has 0 N–H and O–H groups in total. The lowest BCUT2D eigenvalue weighted by molar-refractivity contribution is 0.670. The molecule has 1 heterocycles. The molecule has 0 fully saturated rings. The number of fused-ring (bicyclic) bond motifs is 1. The zero-order valence-corrected chi connectivity index (χ0v) is 10.6. The maximum Gasteiger partial charge on any atom is 0.127 e. The molecule has 0 amide bonds. The van der Waals surface area contributed by atoms with Crippen molar-refractivity contribution in [1.29, 1.82) is 0 Å². The van der Waals surface area contributed by atoms with Crippen LogP contribution in [-0.2, 0) is 6.54 Å². The van der Waals surface area contributed by atoms with E-state index in [1.165, 1.54) is 5.56 Å². The number of nitrogens with zero attached hydrogens (tertiary/aromatic N) is 3. The van der Waals surface area contributed by atoms with E-state index in [0.29, 0.717) is 0 Å². The van der Waals surface area contributed by atoms with Gasteiger partial charge in [-0.1, -0.05) is 41.6 Å². The van der Waals surface area contributed by atoms with Crippen LogP contribution in [0, 0.1) is 0 Å². The SMILES string of the molecule is Brc1cccc2c1nnn2Cc1ccccc1. The van der Waals surface area contributed by atoms with Gasteiger partial charge in [-0.05, 0) is 33.6 Å². The molecule has 2 aromatic carbocycles. The predicted molar refractivity (Wildman–Crippen MR) is 70.8 cm³/mol. The van der Waals surface area contributed by atoms with E-state index in [0.717, 1.165) is 22.1 Å². The van der Waals surface area contributed by atoms with Crippen molar-refractivity contribution in [1.82, 2.24) is 15.0 Å². The Bertz CT molecular complexity index is 646. The highest BCUT2D eigenvalue weighted by Crippen LogP contribution is 2.21.